The molecule has 0 aliphatic heterocycles. The van der Waals surface area contributed by atoms with Crippen molar-refractivity contribution in [1.29, 1.82) is 0 Å². The molecule has 0 aliphatic rings. The number of ether oxygens (including phenoxy) is 10. The molecule has 3 atom stereocenters. The van der Waals surface area contributed by atoms with Crippen LogP contribution in [0.4, 0.5) is 39.5 Å². The molecule has 0 spiro atoms. The Bertz CT molecular complexity index is 655. The van der Waals surface area contributed by atoms with E-state index in [1.165, 1.54) is 20.8 Å². The molecule has 0 aromatic carbocycles. The van der Waals surface area contributed by atoms with E-state index in [1.54, 1.807) is 20.8 Å². The summed E-state index contributed by atoms with van der Waals surface area (Å²) in [5.41, 5.74) is 0. The van der Waals surface area contributed by atoms with Crippen LogP contribution < -0.4 is 0 Å². The van der Waals surface area contributed by atoms with E-state index in [4.69, 9.17) is 33.2 Å². The smallest absolute Gasteiger partial charge is 0.382 e. The van der Waals surface area contributed by atoms with Crippen molar-refractivity contribution in [3.05, 3.63) is 0 Å². The number of halogens is 9. The molecule has 72 heavy (non-hydrogen) atoms. The summed E-state index contributed by atoms with van der Waals surface area (Å²) < 4.78 is 154. The van der Waals surface area contributed by atoms with E-state index in [9.17, 15) is 39.5 Å². The number of rotatable bonds is 30. The molecule has 0 heterocycles. The molecule has 19 heteroatoms. The van der Waals surface area contributed by atoms with Crippen molar-refractivity contribution >= 4 is 0 Å². The number of hydrogen-bond donors (Lipinski definition) is 0. The summed E-state index contributed by atoms with van der Waals surface area (Å²) >= 11 is 0. The van der Waals surface area contributed by atoms with E-state index < -0.39 is 36.8 Å². The van der Waals surface area contributed by atoms with E-state index in [0.29, 0.717) is 0 Å². The van der Waals surface area contributed by atoms with Crippen molar-refractivity contribution in [3.8, 4) is 0 Å². The lowest BCUT2D eigenvalue weighted by molar-refractivity contribution is -0.219. The van der Waals surface area contributed by atoms with Gasteiger partial charge in [0.1, 0.15) is 0 Å². The molecule has 3 unspecified atom stereocenters. The first kappa shape index (κ1) is 93.5. The van der Waals surface area contributed by atoms with Crippen LogP contribution in [-0.4, -0.2) is 149 Å². The third-order valence-corrected chi connectivity index (χ3v) is 7.18. The van der Waals surface area contributed by atoms with Gasteiger partial charge in [-0.05, 0) is 133 Å². The maximum Gasteiger partial charge on any atom is 0.414 e. The molecular formula is C53H117F9O10. The van der Waals surface area contributed by atoms with Gasteiger partial charge >= 0.3 is 18.5 Å². The fourth-order valence-electron chi connectivity index (χ4n) is 3.96. The lowest BCUT2D eigenvalue weighted by atomic mass is 10.3. The molecule has 0 aromatic heterocycles. The van der Waals surface area contributed by atoms with E-state index in [-0.39, 0.29) is 39.1 Å². The minimum absolute atomic E-state index is 0.0165. The summed E-state index contributed by atoms with van der Waals surface area (Å²) in [4.78, 5) is 0. The van der Waals surface area contributed by atoms with E-state index in [0.717, 1.165) is 137 Å². The first-order valence-corrected chi connectivity index (χ1v) is 27.0. The van der Waals surface area contributed by atoms with Crippen LogP contribution in [0.5, 0.6) is 0 Å². The molecule has 452 valence electrons. The predicted octanol–water partition coefficient (Wildman–Crippen LogP) is 17.1. The summed E-state index contributed by atoms with van der Waals surface area (Å²) in [6.07, 6.45) is -9.49. The van der Waals surface area contributed by atoms with Crippen LogP contribution in [0.1, 0.15) is 203 Å². The highest BCUT2D eigenvalue weighted by Crippen LogP contribution is 2.26. The molecular weight excluding hydrogens is 968 g/mol. The van der Waals surface area contributed by atoms with E-state index >= 15 is 0 Å². The van der Waals surface area contributed by atoms with Gasteiger partial charge in [0.15, 0.2) is 18.3 Å². The fourth-order valence-corrected chi connectivity index (χ4v) is 3.96. The highest BCUT2D eigenvalue weighted by molar-refractivity contribution is 4.65. The Morgan fingerprint density at radius 3 is 0.375 bits per heavy atom. The molecule has 0 saturated heterocycles. The van der Waals surface area contributed by atoms with Crippen LogP contribution in [0.2, 0.25) is 0 Å². The second-order valence-corrected chi connectivity index (χ2v) is 14.1. The maximum absolute atomic E-state index is 11.8. The third kappa shape index (κ3) is 114. The zero-order valence-corrected chi connectivity index (χ0v) is 49.8. The highest BCUT2D eigenvalue weighted by atomic mass is 19.4. The zero-order chi connectivity index (χ0) is 58.4. The molecule has 0 aliphatic carbocycles. The highest BCUT2D eigenvalue weighted by Gasteiger charge is 2.40. The lowest BCUT2D eigenvalue weighted by Gasteiger charge is -2.17. The molecule has 0 amide bonds. The van der Waals surface area contributed by atoms with Gasteiger partial charge in [0.2, 0.25) is 0 Å². The second kappa shape index (κ2) is 83.9. The van der Waals surface area contributed by atoms with E-state index in [1.807, 2.05) is 48.5 Å². The first-order chi connectivity index (χ1) is 34.0. The Hall–Kier alpha value is -1.03. The minimum Gasteiger partial charge on any atom is -0.382 e. The molecule has 0 fully saturated rings. The van der Waals surface area contributed by atoms with Crippen LogP contribution in [-0.2, 0) is 47.4 Å². The van der Waals surface area contributed by atoms with Gasteiger partial charge in [-0.2, -0.15) is 39.5 Å². The molecule has 0 N–H and O–H groups in total. The van der Waals surface area contributed by atoms with Gasteiger partial charge in [-0.1, -0.05) is 69.2 Å². The standard InChI is InChI=1S/3C6H11F3O.7C5H12O/c3*1-3-5(10-4-2)6(7,8)9;7*1-3-5-6-4-2/h3*5H,3-4H2,1-2H3;7*3-5H2,1-2H3. The fraction of sp³-hybridized carbons (Fsp3) is 1.00. The Balaban J connectivity index is -0.0000000748. The van der Waals surface area contributed by atoms with Gasteiger partial charge in [0, 0.05) is 112 Å². The summed E-state index contributed by atoms with van der Waals surface area (Å²) in [6, 6.07) is 0. The Labute approximate surface area is 437 Å². The average Bonchev–Trinajstić information content (AvgIpc) is 3.34. The Morgan fingerprint density at radius 2 is 0.347 bits per heavy atom. The molecule has 10 nitrogen and oxygen atoms in total. The van der Waals surface area contributed by atoms with E-state index in [2.05, 4.69) is 62.7 Å². The van der Waals surface area contributed by atoms with Gasteiger partial charge < -0.3 is 47.4 Å². The maximum atomic E-state index is 11.8. The van der Waals surface area contributed by atoms with Gasteiger partial charge in [0.05, 0.1) is 0 Å². The van der Waals surface area contributed by atoms with Crippen molar-refractivity contribution in [2.24, 2.45) is 0 Å². The Morgan fingerprint density at radius 1 is 0.222 bits per heavy atom. The van der Waals surface area contributed by atoms with Crippen molar-refractivity contribution < 1.29 is 86.9 Å². The number of alkyl halides is 9. The van der Waals surface area contributed by atoms with Crippen LogP contribution in [0, 0.1) is 0 Å². The van der Waals surface area contributed by atoms with Crippen molar-refractivity contribution in [1.82, 2.24) is 0 Å². The second-order valence-electron chi connectivity index (χ2n) is 14.1. The Kier molecular flexibility index (Phi) is 109. The minimum atomic E-state index is -4.20. The van der Waals surface area contributed by atoms with Crippen LogP contribution >= 0.6 is 0 Å². The van der Waals surface area contributed by atoms with Gasteiger partial charge in [-0.3, -0.25) is 0 Å². The SMILES string of the molecule is CCCOCC.CCCOCC.CCCOCC.CCCOCC.CCCOCC.CCCOCC.CCCOCC.CCOC(CC)C(F)(F)F.CCOC(CC)C(F)(F)F.CCOC(CC)C(F)(F)F. The predicted molar refractivity (Wildman–Crippen MR) is 283 cm³/mol. The topological polar surface area (TPSA) is 92.3 Å². The molecule has 0 saturated carbocycles. The summed E-state index contributed by atoms with van der Waals surface area (Å²) in [6.45, 7) is 50.5. The average molecular weight is 1090 g/mol. The van der Waals surface area contributed by atoms with Crippen LogP contribution in [0.3, 0.4) is 0 Å². The van der Waals surface area contributed by atoms with Crippen molar-refractivity contribution in [2.75, 3.05) is 112 Å². The van der Waals surface area contributed by atoms with Crippen molar-refractivity contribution in [3.63, 3.8) is 0 Å². The lowest BCUT2D eigenvalue weighted by Crippen LogP contribution is -2.30. The largest absolute Gasteiger partial charge is 0.414 e. The van der Waals surface area contributed by atoms with Crippen LogP contribution in [0.15, 0.2) is 0 Å². The zero-order valence-electron chi connectivity index (χ0n) is 49.8. The molecule has 0 rings (SSSR count). The third-order valence-electron chi connectivity index (χ3n) is 7.18. The first-order valence-electron chi connectivity index (χ1n) is 27.0. The van der Waals surface area contributed by atoms with Crippen LogP contribution in [0.25, 0.3) is 0 Å². The normalized spacial score (nSPS) is 11.6. The monoisotopic (exact) mass is 1080 g/mol. The molecule has 0 radical (unpaired) electrons. The summed E-state index contributed by atoms with van der Waals surface area (Å²) in [5, 5.41) is 0. The number of hydrogen-bond acceptors (Lipinski definition) is 10. The van der Waals surface area contributed by atoms with Gasteiger partial charge in [-0.25, -0.2) is 0 Å². The summed E-state index contributed by atoms with van der Waals surface area (Å²) in [5.74, 6) is 0. The quantitative estimate of drug-likeness (QED) is 0.0511. The molecule has 0 bridgehead atoms. The van der Waals surface area contributed by atoms with Gasteiger partial charge in [0.25, 0.3) is 0 Å². The summed E-state index contributed by atoms with van der Waals surface area (Å²) in [7, 11) is 0. The van der Waals surface area contributed by atoms with Crippen molar-refractivity contribution in [2.45, 2.75) is 240 Å². The molecule has 0 aromatic rings. The van der Waals surface area contributed by atoms with Gasteiger partial charge in [-0.15, -0.1) is 0 Å².